The molecule has 0 saturated heterocycles. The topological polar surface area (TPSA) is 104 Å². The van der Waals surface area contributed by atoms with Crippen molar-refractivity contribution in [1.29, 1.82) is 0 Å². The highest BCUT2D eigenvalue weighted by Gasteiger charge is 2.13. The molecule has 1 aromatic carbocycles. The Balaban J connectivity index is 1.51. The molecule has 0 unspecified atom stereocenters. The largest absolute Gasteiger partial charge is 0.390 e. The number of aromatic nitrogens is 4. The maximum absolute atomic E-state index is 12.4. The Bertz CT molecular complexity index is 916. The van der Waals surface area contributed by atoms with Gasteiger partial charge in [-0.05, 0) is 56.5 Å². The second-order valence-electron chi connectivity index (χ2n) is 7.37. The molecule has 0 saturated carbocycles. The van der Waals surface area contributed by atoms with Crippen molar-refractivity contribution in [3.63, 3.8) is 0 Å². The summed E-state index contributed by atoms with van der Waals surface area (Å²) < 4.78 is 0. The molecule has 0 aliphatic carbocycles. The predicted octanol–water partition coefficient (Wildman–Crippen LogP) is 2.54. The first-order valence-corrected chi connectivity index (χ1v) is 9.32. The van der Waals surface area contributed by atoms with Crippen LogP contribution in [0.3, 0.4) is 0 Å². The van der Waals surface area contributed by atoms with Crippen LogP contribution in [0.5, 0.6) is 0 Å². The monoisotopic (exact) mass is 379 g/mol. The number of nitrogens with zero attached hydrogens (tertiary/aromatic N) is 3. The number of carbonyl (C=O) groups is 1. The number of carbonyl (C=O) groups excluding carboxylic acids is 1. The molecule has 3 rings (SSSR count). The first kappa shape index (κ1) is 19.7. The minimum absolute atomic E-state index is 0.128. The van der Waals surface area contributed by atoms with Crippen molar-refractivity contribution < 1.29 is 9.90 Å². The van der Waals surface area contributed by atoms with E-state index in [1.807, 2.05) is 30.3 Å². The highest BCUT2D eigenvalue weighted by atomic mass is 16.3. The van der Waals surface area contributed by atoms with Crippen LogP contribution >= 0.6 is 0 Å². The Hall–Kier alpha value is -3.06. The SMILES string of the molecule is CC(C)(O)CCc1cccc(C(=O)NCCc2nc(-c3cccnc3)n[nH]2)c1. The third kappa shape index (κ3) is 5.72. The van der Waals surface area contributed by atoms with Gasteiger partial charge in [0, 0.05) is 36.5 Å². The molecule has 2 heterocycles. The van der Waals surface area contributed by atoms with Gasteiger partial charge in [-0.1, -0.05) is 12.1 Å². The Labute approximate surface area is 164 Å². The molecule has 0 aliphatic heterocycles. The van der Waals surface area contributed by atoms with Gasteiger partial charge in [-0.2, -0.15) is 5.10 Å². The van der Waals surface area contributed by atoms with E-state index in [9.17, 15) is 9.90 Å². The lowest BCUT2D eigenvalue weighted by Gasteiger charge is -2.16. The van der Waals surface area contributed by atoms with Crippen LogP contribution in [0.2, 0.25) is 0 Å². The van der Waals surface area contributed by atoms with Crippen molar-refractivity contribution in [2.24, 2.45) is 0 Å². The summed E-state index contributed by atoms with van der Waals surface area (Å²) in [6, 6.07) is 11.2. The number of aryl methyl sites for hydroxylation is 1. The maximum Gasteiger partial charge on any atom is 0.251 e. The molecule has 146 valence electrons. The van der Waals surface area contributed by atoms with Crippen LogP contribution in [0, 0.1) is 0 Å². The molecule has 28 heavy (non-hydrogen) atoms. The summed E-state index contributed by atoms with van der Waals surface area (Å²) in [5, 5.41) is 19.8. The molecule has 1 amide bonds. The third-order valence-corrected chi connectivity index (χ3v) is 4.31. The number of H-pyrrole nitrogens is 1. The Morgan fingerprint density at radius 3 is 2.82 bits per heavy atom. The van der Waals surface area contributed by atoms with Gasteiger partial charge in [0.2, 0.25) is 0 Å². The molecule has 7 heteroatoms. The summed E-state index contributed by atoms with van der Waals surface area (Å²) in [5.74, 6) is 1.17. The van der Waals surface area contributed by atoms with Crippen LogP contribution in [-0.4, -0.2) is 43.3 Å². The lowest BCUT2D eigenvalue weighted by Crippen LogP contribution is -2.26. The minimum Gasteiger partial charge on any atom is -0.390 e. The van der Waals surface area contributed by atoms with Crippen LogP contribution in [0.4, 0.5) is 0 Å². The van der Waals surface area contributed by atoms with Crippen molar-refractivity contribution in [1.82, 2.24) is 25.5 Å². The smallest absolute Gasteiger partial charge is 0.251 e. The van der Waals surface area contributed by atoms with Gasteiger partial charge in [0.25, 0.3) is 5.91 Å². The zero-order valence-electron chi connectivity index (χ0n) is 16.1. The van der Waals surface area contributed by atoms with E-state index < -0.39 is 5.60 Å². The minimum atomic E-state index is -0.718. The van der Waals surface area contributed by atoms with Gasteiger partial charge >= 0.3 is 0 Å². The number of hydrogen-bond donors (Lipinski definition) is 3. The van der Waals surface area contributed by atoms with Crippen LogP contribution in [-0.2, 0) is 12.8 Å². The molecular weight excluding hydrogens is 354 g/mol. The molecule has 0 aliphatic rings. The summed E-state index contributed by atoms with van der Waals surface area (Å²) in [6.07, 6.45) is 5.33. The van der Waals surface area contributed by atoms with Crippen LogP contribution in [0.1, 0.15) is 42.0 Å². The Morgan fingerprint density at radius 2 is 2.07 bits per heavy atom. The fourth-order valence-electron chi connectivity index (χ4n) is 2.75. The molecule has 0 atom stereocenters. The first-order valence-electron chi connectivity index (χ1n) is 9.32. The van der Waals surface area contributed by atoms with Gasteiger partial charge in [0.15, 0.2) is 5.82 Å². The molecule has 7 nitrogen and oxygen atoms in total. The highest BCUT2D eigenvalue weighted by Crippen LogP contribution is 2.15. The van der Waals surface area contributed by atoms with Gasteiger partial charge in [0.05, 0.1) is 5.60 Å². The molecule has 3 aromatic rings. The van der Waals surface area contributed by atoms with Crippen molar-refractivity contribution in [2.75, 3.05) is 6.54 Å². The zero-order chi connectivity index (χ0) is 20.0. The van der Waals surface area contributed by atoms with Crippen molar-refractivity contribution in [2.45, 2.75) is 38.7 Å². The average Bonchev–Trinajstić information content (AvgIpc) is 3.16. The van der Waals surface area contributed by atoms with Gasteiger partial charge in [-0.15, -0.1) is 0 Å². The summed E-state index contributed by atoms with van der Waals surface area (Å²) in [5.41, 5.74) is 1.77. The molecular formula is C21H25N5O2. The second-order valence-corrected chi connectivity index (χ2v) is 7.37. The molecule has 0 fully saturated rings. The molecule has 3 N–H and O–H groups in total. The van der Waals surface area contributed by atoms with E-state index in [-0.39, 0.29) is 5.91 Å². The summed E-state index contributed by atoms with van der Waals surface area (Å²) in [6.45, 7) is 4.02. The number of hydrogen-bond acceptors (Lipinski definition) is 5. The van der Waals surface area contributed by atoms with E-state index in [1.54, 1.807) is 32.3 Å². The Morgan fingerprint density at radius 1 is 1.21 bits per heavy atom. The number of nitrogens with one attached hydrogen (secondary N) is 2. The lowest BCUT2D eigenvalue weighted by atomic mass is 9.98. The first-order chi connectivity index (χ1) is 13.4. The van der Waals surface area contributed by atoms with E-state index in [2.05, 4.69) is 25.5 Å². The van der Waals surface area contributed by atoms with E-state index in [4.69, 9.17) is 0 Å². The van der Waals surface area contributed by atoms with Gasteiger partial charge in [0.1, 0.15) is 5.82 Å². The van der Waals surface area contributed by atoms with Crippen molar-refractivity contribution in [3.05, 3.63) is 65.7 Å². The van der Waals surface area contributed by atoms with Crippen LogP contribution in [0.25, 0.3) is 11.4 Å². The predicted molar refractivity (Wildman–Crippen MR) is 107 cm³/mol. The fraction of sp³-hybridized carbons (Fsp3) is 0.333. The molecule has 0 spiro atoms. The van der Waals surface area contributed by atoms with E-state index in [1.165, 1.54) is 0 Å². The zero-order valence-corrected chi connectivity index (χ0v) is 16.1. The Kier molecular flexibility index (Phi) is 6.16. The number of aromatic amines is 1. The maximum atomic E-state index is 12.4. The van der Waals surface area contributed by atoms with Gasteiger partial charge < -0.3 is 10.4 Å². The number of amides is 1. The van der Waals surface area contributed by atoms with E-state index >= 15 is 0 Å². The van der Waals surface area contributed by atoms with Crippen LogP contribution < -0.4 is 5.32 Å². The summed E-state index contributed by atoms with van der Waals surface area (Å²) in [4.78, 5) is 20.9. The third-order valence-electron chi connectivity index (χ3n) is 4.31. The van der Waals surface area contributed by atoms with E-state index in [0.29, 0.717) is 36.6 Å². The number of benzene rings is 1. The molecule has 2 aromatic heterocycles. The standard InChI is InChI=1S/C21H25N5O2/c1-21(2,28)10-8-15-5-3-6-16(13-15)20(27)23-12-9-18-24-19(26-25-18)17-7-4-11-22-14-17/h3-7,11,13-14,28H,8-10,12H2,1-2H3,(H,23,27)(H,24,25,26). The second kappa shape index (κ2) is 8.75. The molecule has 0 radical (unpaired) electrons. The lowest BCUT2D eigenvalue weighted by molar-refractivity contribution is 0.0714. The van der Waals surface area contributed by atoms with Gasteiger partial charge in [-0.25, -0.2) is 4.98 Å². The van der Waals surface area contributed by atoms with Crippen LogP contribution in [0.15, 0.2) is 48.8 Å². The van der Waals surface area contributed by atoms with Crippen molar-refractivity contribution >= 4 is 5.91 Å². The molecule has 0 bridgehead atoms. The number of rotatable bonds is 8. The number of aliphatic hydroxyl groups is 1. The van der Waals surface area contributed by atoms with Gasteiger partial charge in [-0.3, -0.25) is 14.9 Å². The highest BCUT2D eigenvalue weighted by molar-refractivity contribution is 5.94. The quantitative estimate of drug-likeness (QED) is 0.558. The summed E-state index contributed by atoms with van der Waals surface area (Å²) >= 11 is 0. The number of pyridine rings is 1. The normalized spacial score (nSPS) is 11.4. The average molecular weight is 379 g/mol. The van der Waals surface area contributed by atoms with Crippen molar-refractivity contribution in [3.8, 4) is 11.4 Å². The fourth-order valence-corrected chi connectivity index (χ4v) is 2.75. The summed E-state index contributed by atoms with van der Waals surface area (Å²) in [7, 11) is 0. The van der Waals surface area contributed by atoms with E-state index in [0.717, 1.165) is 17.5 Å².